The van der Waals surface area contributed by atoms with Crippen molar-refractivity contribution in [1.29, 1.82) is 0 Å². The van der Waals surface area contributed by atoms with Crippen LogP contribution in [0.15, 0.2) is 17.0 Å². The Bertz CT molecular complexity index is 631. The third kappa shape index (κ3) is 4.58. The highest BCUT2D eigenvalue weighted by Crippen LogP contribution is 2.33. The molecule has 2 atom stereocenters. The Balaban J connectivity index is 3.18. The van der Waals surface area contributed by atoms with E-state index < -0.39 is 26.9 Å². The maximum Gasteiger partial charge on any atom is 0.244 e. The molecule has 0 aromatic heterocycles. The molecule has 1 aromatic carbocycles. The summed E-state index contributed by atoms with van der Waals surface area (Å²) in [4.78, 5) is -0.0861. The van der Waals surface area contributed by atoms with Crippen LogP contribution in [-0.2, 0) is 20.8 Å². The van der Waals surface area contributed by atoms with E-state index in [1.54, 1.807) is 6.92 Å². The van der Waals surface area contributed by atoms with Crippen LogP contribution in [-0.4, -0.2) is 44.9 Å². The lowest BCUT2D eigenvalue weighted by atomic mass is 10.3. The molecule has 0 aliphatic carbocycles. The standard InChI is InChI=1S/C12H20N2O5S2/c1-8(7-20(4)15)14-21(16,17)12-5-9(13)10(18-2)6-11(12)19-3/h5-6,8,14H,7,13H2,1-4H3. The molecule has 0 aliphatic rings. The van der Waals surface area contributed by atoms with E-state index in [0.717, 1.165) is 0 Å². The van der Waals surface area contributed by atoms with Crippen molar-refractivity contribution in [1.82, 2.24) is 4.72 Å². The third-order valence-electron chi connectivity index (χ3n) is 2.65. The van der Waals surface area contributed by atoms with Crippen LogP contribution in [0.25, 0.3) is 0 Å². The number of benzene rings is 1. The van der Waals surface area contributed by atoms with Gasteiger partial charge in [-0.15, -0.1) is 0 Å². The van der Waals surface area contributed by atoms with Gasteiger partial charge in [-0.05, 0) is 13.0 Å². The summed E-state index contributed by atoms with van der Waals surface area (Å²) in [6.07, 6.45) is 1.51. The minimum absolute atomic E-state index is 0.0861. The number of hydrogen-bond donors (Lipinski definition) is 2. The highest BCUT2D eigenvalue weighted by molar-refractivity contribution is 7.89. The average molecular weight is 336 g/mol. The molecule has 0 radical (unpaired) electrons. The fourth-order valence-electron chi connectivity index (χ4n) is 1.82. The summed E-state index contributed by atoms with van der Waals surface area (Å²) in [6, 6.07) is 2.20. The highest BCUT2D eigenvalue weighted by Gasteiger charge is 2.24. The second kappa shape index (κ2) is 7.10. The minimum atomic E-state index is -3.84. The smallest absolute Gasteiger partial charge is 0.244 e. The second-order valence-electron chi connectivity index (χ2n) is 4.51. The summed E-state index contributed by atoms with van der Waals surface area (Å²) >= 11 is 0. The summed E-state index contributed by atoms with van der Waals surface area (Å²) in [5.41, 5.74) is 5.93. The molecule has 3 N–H and O–H groups in total. The zero-order valence-electron chi connectivity index (χ0n) is 12.4. The largest absolute Gasteiger partial charge is 0.495 e. The van der Waals surface area contributed by atoms with Crippen LogP contribution < -0.4 is 19.9 Å². The lowest BCUT2D eigenvalue weighted by Gasteiger charge is -2.16. The lowest BCUT2D eigenvalue weighted by molar-refractivity contribution is 0.387. The number of anilines is 1. The van der Waals surface area contributed by atoms with E-state index in [2.05, 4.69) is 4.72 Å². The van der Waals surface area contributed by atoms with Crippen molar-refractivity contribution in [2.24, 2.45) is 0 Å². The molecule has 0 saturated carbocycles. The average Bonchev–Trinajstić information content (AvgIpc) is 2.36. The zero-order valence-corrected chi connectivity index (χ0v) is 14.0. The maximum atomic E-state index is 12.4. The lowest BCUT2D eigenvalue weighted by Crippen LogP contribution is -2.36. The number of nitrogens with two attached hydrogens (primary N) is 1. The van der Waals surface area contributed by atoms with Crippen molar-refractivity contribution >= 4 is 26.5 Å². The molecule has 120 valence electrons. The van der Waals surface area contributed by atoms with Crippen LogP contribution in [0.2, 0.25) is 0 Å². The number of nitrogens with one attached hydrogen (secondary N) is 1. The van der Waals surface area contributed by atoms with Gasteiger partial charge in [0.2, 0.25) is 10.0 Å². The number of rotatable bonds is 7. The van der Waals surface area contributed by atoms with Crippen molar-refractivity contribution in [2.75, 3.05) is 32.0 Å². The Hall–Kier alpha value is -1.32. The normalized spacial score (nSPS) is 14.5. The van der Waals surface area contributed by atoms with Crippen LogP contribution in [0.4, 0.5) is 5.69 Å². The van der Waals surface area contributed by atoms with E-state index in [1.165, 1.54) is 32.6 Å². The Kier molecular flexibility index (Phi) is 5.99. The molecule has 7 nitrogen and oxygen atoms in total. The first-order chi connectivity index (χ1) is 9.71. The van der Waals surface area contributed by atoms with Crippen molar-refractivity contribution in [3.8, 4) is 11.5 Å². The molecular formula is C12H20N2O5S2. The predicted octanol–water partition coefficient (Wildman–Crippen LogP) is 0.331. The van der Waals surface area contributed by atoms with Gasteiger partial charge in [0.15, 0.2) is 0 Å². The number of sulfonamides is 1. The quantitative estimate of drug-likeness (QED) is 0.695. The van der Waals surface area contributed by atoms with Crippen molar-refractivity contribution < 1.29 is 22.1 Å². The summed E-state index contributed by atoms with van der Waals surface area (Å²) in [6.45, 7) is 1.64. The van der Waals surface area contributed by atoms with Crippen molar-refractivity contribution in [3.05, 3.63) is 12.1 Å². The van der Waals surface area contributed by atoms with Gasteiger partial charge in [-0.3, -0.25) is 4.21 Å². The molecule has 0 bridgehead atoms. The molecule has 1 rings (SSSR count). The Morgan fingerprint density at radius 3 is 2.33 bits per heavy atom. The van der Waals surface area contributed by atoms with Gasteiger partial charge in [0.05, 0.1) is 19.9 Å². The van der Waals surface area contributed by atoms with Crippen LogP contribution >= 0.6 is 0 Å². The topological polar surface area (TPSA) is 108 Å². The van der Waals surface area contributed by atoms with Gasteiger partial charge < -0.3 is 15.2 Å². The fraction of sp³-hybridized carbons (Fsp3) is 0.500. The Morgan fingerprint density at radius 1 is 1.29 bits per heavy atom. The van der Waals surface area contributed by atoms with E-state index in [0.29, 0.717) is 5.75 Å². The van der Waals surface area contributed by atoms with Gasteiger partial charge in [-0.1, -0.05) is 0 Å². The second-order valence-corrected chi connectivity index (χ2v) is 7.67. The highest BCUT2D eigenvalue weighted by atomic mass is 32.2. The molecule has 0 aliphatic heterocycles. The first-order valence-electron chi connectivity index (χ1n) is 6.05. The first-order valence-corrected chi connectivity index (χ1v) is 9.26. The zero-order chi connectivity index (χ0) is 16.2. The maximum absolute atomic E-state index is 12.4. The van der Waals surface area contributed by atoms with Gasteiger partial charge in [-0.25, -0.2) is 13.1 Å². The number of ether oxygens (including phenoxy) is 2. The number of hydrogen-bond acceptors (Lipinski definition) is 6. The molecule has 1 aromatic rings. The summed E-state index contributed by atoms with van der Waals surface area (Å²) in [5, 5.41) is 0. The molecule has 0 spiro atoms. The molecule has 21 heavy (non-hydrogen) atoms. The fourth-order valence-corrected chi connectivity index (χ4v) is 4.14. The molecule has 0 heterocycles. The SMILES string of the molecule is COc1cc(OC)c(S(=O)(=O)NC(C)CS(C)=O)cc1N. The van der Waals surface area contributed by atoms with E-state index in [1.807, 2.05) is 0 Å². The van der Waals surface area contributed by atoms with Gasteiger partial charge >= 0.3 is 0 Å². The minimum Gasteiger partial charge on any atom is -0.495 e. The summed E-state index contributed by atoms with van der Waals surface area (Å²) in [7, 11) is -2.16. The molecule has 2 unspecified atom stereocenters. The first kappa shape index (κ1) is 17.7. The van der Waals surface area contributed by atoms with Crippen LogP contribution in [0.3, 0.4) is 0 Å². The van der Waals surface area contributed by atoms with Crippen LogP contribution in [0.1, 0.15) is 6.92 Å². The molecule has 0 fully saturated rings. The number of methoxy groups -OCH3 is 2. The number of nitrogen functional groups attached to an aromatic ring is 1. The molecule has 9 heteroatoms. The monoisotopic (exact) mass is 336 g/mol. The van der Waals surface area contributed by atoms with E-state index >= 15 is 0 Å². The van der Waals surface area contributed by atoms with Crippen LogP contribution in [0, 0.1) is 0 Å². The summed E-state index contributed by atoms with van der Waals surface area (Å²) < 4.78 is 48.4. The van der Waals surface area contributed by atoms with Gasteiger partial charge in [-0.2, -0.15) is 0 Å². The molecule has 0 saturated heterocycles. The van der Waals surface area contributed by atoms with Gasteiger partial charge in [0.1, 0.15) is 16.4 Å². The molecular weight excluding hydrogens is 316 g/mol. The predicted molar refractivity (Wildman–Crippen MR) is 82.7 cm³/mol. The van der Waals surface area contributed by atoms with E-state index in [9.17, 15) is 12.6 Å². The third-order valence-corrected chi connectivity index (χ3v) is 5.23. The molecule has 0 amide bonds. The van der Waals surface area contributed by atoms with Gasteiger partial charge in [0, 0.05) is 34.9 Å². The van der Waals surface area contributed by atoms with E-state index in [-0.39, 0.29) is 22.1 Å². The summed E-state index contributed by atoms with van der Waals surface area (Å²) in [5.74, 6) is 0.666. The Labute approximate surface area is 127 Å². The van der Waals surface area contributed by atoms with Gasteiger partial charge in [0.25, 0.3) is 0 Å². The van der Waals surface area contributed by atoms with Crippen molar-refractivity contribution in [3.63, 3.8) is 0 Å². The Morgan fingerprint density at radius 2 is 1.86 bits per heavy atom. The van der Waals surface area contributed by atoms with E-state index in [4.69, 9.17) is 15.2 Å². The van der Waals surface area contributed by atoms with Crippen molar-refractivity contribution in [2.45, 2.75) is 17.9 Å². The van der Waals surface area contributed by atoms with Crippen LogP contribution in [0.5, 0.6) is 11.5 Å².